The number of methoxy groups -OCH3 is 1. The average molecular weight is 332 g/mol. The summed E-state index contributed by atoms with van der Waals surface area (Å²) in [5, 5.41) is 0.885. The first-order valence-corrected chi connectivity index (χ1v) is 8.77. The summed E-state index contributed by atoms with van der Waals surface area (Å²) >= 11 is 0. The number of fused-ring (bicyclic) bond motifs is 1. The predicted octanol–water partition coefficient (Wildman–Crippen LogP) is 3.18. The van der Waals surface area contributed by atoms with Crippen molar-refractivity contribution in [3.05, 3.63) is 42.2 Å². The second-order valence-electron chi connectivity index (χ2n) is 5.25. The van der Waals surface area contributed by atoms with Crippen LogP contribution in [0.5, 0.6) is 5.75 Å². The molecule has 3 rings (SSSR count). The predicted molar refractivity (Wildman–Crippen MR) is 89.2 cm³/mol. The van der Waals surface area contributed by atoms with Gasteiger partial charge in [-0.25, -0.2) is 13.4 Å². The standard InChI is InChI=1S/C16H16N2O4S/c1-10-7-13(15-5-4-6-22-15)17-12-9-14(18-23(3,19)20)16(21-2)8-11(10)12/h4-9,18H,1-3H3. The third-order valence-electron chi connectivity index (χ3n) is 3.41. The molecule has 0 fully saturated rings. The molecule has 0 bridgehead atoms. The van der Waals surface area contributed by atoms with Gasteiger partial charge in [0, 0.05) is 5.39 Å². The molecule has 2 heterocycles. The molecule has 0 radical (unpaired) electrons. The Labute approximate surface area is 134 Å². The number of furan rings is 1. The number of sulfonamides is 1. The SMILES string of the molecule is COc1cc2c(C)cc(-c3ccco3)nc2cc1NS(C)(=O)=O. The highest BCUT2D eigenvalue weighted by Gasteiger charge is 2.13. The summed E-state index contributed by atoms with van der Waals surface area (Å²) in [6.07, 6.45) is 2.68. The lowest BCUT2D eigenvalue weighted by molar-refractivity contribution is 0.417. The molecular formula is C16H16N2O4S. The Morgan fingerprint density at radius 2 is 2.04 bits per heavy atom. The van der Waals surface area contributed by atoms with Crippen LogP contribution in [0.4, 0.5) is 5.69 Å². The van der Waals surface area contributed by atoms with Crippen molar-refractivity contribution in [3.8, 4) is 17.2 Å². The Morgan fingerprint density at radius 3 is 2.65 bits per heavy atom. The minimum atomic E-state index is -3.42. The number of benzene rings is 1. The van der Waals surface area contributed by atoms with E-state index in [1.807, 2.05) is 19.1 Å². The van der Waals surface area contributed by atoms with Crippen molar-refractivity contribution in [2.45, 2.75) is 6.92 Å². The fraction of sp³-hybridized carbons (Fsp3) is 0.188. The first-order chi connectivity index (χ1) is 10.9. The molecule has 0 aliphatic heterocycles. The highest BCUT2D eigenvalue weighted by atomic mass is 32.2. The molecule has 0 unspecified atom stereocenters. The van der Waals surface area contributed by atoms with Gasteiger partial charge in [-0.3, -0.25) is 4.72 Å². The second kappa shape index (κ2) is 5.58. The van der Waals surface area contributed by atoms with E-state index < -0.39 is 10.0 Å². The monoisotopic (exact) mass is 332 g/mol. The van der Waals surface area contributed by atoms with Crippen LogP contribution in [-0.2, 0) is 10.0 Å². The maximum absolute atomic E-state index is 11.5. The molecule has 1 N–H and O–H groups in total. The minimum Gasteiger partial charge on any atom is -0.495 e. The van der Waals surface area contributed by atoms with E-state index in [0.29, 0.717) is 28.4 Å². The van der Waals surface area contributed by atoms with Gasteiger partial charge in [0.15, 0.2) is 5.76 Å². The third kappa shape index (κ3) is 3.14. The quantitative estimate of drug-likeness (QED) is 0.793. The van der Waals surface area contributed by atoms with E-state index in [0.717, 1.165) is 17.2 Å². The van der Waals surface area contributed by atoms with Gasteiger partial charge in [-0.2, -0.15) is 0 Å². The van der Waals surface area contributed by atoms with Crippen LogP contribution in [0.3, 0.4) is 0 Å². The lowest BCUT2D eigenvalue weighted by atomic mass is 10.1. The molecule has 0 spiro atoms. The van der Waals surface area contributed by atoms with Crippen LogP contribution in [0.2, 0.25) is 0 Å². The van der Waals surface area contributed by atoms with Crippen molar-refractivity contribution in [2.75, 3.05) is 18.1 Å². The molecule has 23 heavy (non-hydrogen) atoms. The summed E-state index contributed by atoms with van der Waals surface area (Å²) < 4.78 is 36.2. The largest absolute Gasteiger partial charge is 0.495 e. The molecule has 0 saturated heterocycles. The molecule has 3 aromatic rings. The Hall–Kier alpha value is -2.54. The molecule has 6 nitrogen and oxygen atoms in total. The number of nitrogens with zero attached hydrogens (tertiary/aromatic N) is 1. The molecule has 0 saturated carbocycles. The highest BCUT2D eigenvalue weighted by Crippen LogP contribution is 2.33. The number of anilines is 1. The zero-order valence-electron chi connectivity index (χ0n) is 13.0. The first kappa shape index (κ1) is 15.4. The first-order valence-electron chi connectivity index (χ1n) is 6.88. The van der Waals surface area contributed by atoms with Crippen LogP contribution in [0.25, 0.3) is 22.4 Å². The van der Waals surface area contributed by atoms with Crippen molar-refractivity contribution in [1.82, 2.24) is 4.98 Å². The summed E-state index contributed by atoms with van der Waals surface area (Å²) in [4.78, 5) is 4.56. The summed E-state index contributed by atoms with van der Waals surface area (Å²) in [5.41, 5.74) is 2.69. The third-order valence-corrected chi connectivity index (χ3v) is 4.00. The Kier molecular flexibility index (Phi) is 3.73. The number of rotatable bonds is 4. The number of pyridine rings is 1. The van der Waals surface area contributed by atoms with Crippen LogP contribution in [-0.4, -0.2) is 26.8 Å². The molecule has 0 amide bonds. The van der Waals surface area contributed by atoms with Gasteiger partial charge in [0.25, 0.3) is 0 Å². The summed E-state index contributed by atoms with van der Waals surface area (Å²) in [6, 6.07) is 8.98. The lowest BCUT2D eigenvalue weighted by Crippen LogP contribution is -2.10. The van der Waals surface area contributed by atoms with E-state index in [4.69, 9.17) is 9.15 Å². The lowest BCUT2D eigenvalue weighted by Gasteiger charge is -2.13. The van der Waals surface area contributed by atoms with Gasteiger partial charge in [0.05, 0.1) is 30.8 Å². The second-order valence-corrected chi connectivity index (χ2v) is 6.99. The van der Waals surface area contributed by atoms with Crippen LogP contribution < -0.4 is 9.46 Å². The zero-order valence-corrected chi connectivity index (χ0v) is 13.8. The van der Waals surface area contributed by atoms with E-state index in [1.54, 1.807) is 24.5 Å². The number of hydrogen-bond donors (Lipinski definition) is 1. The zero-order chi connectivity index (χ0) is 16.6. The normalized spacial score (nSPS) is 11.6. The van der Waals surface area contributed by atoms with Crippen molar-refractivity contribution >= 4 is 26.6 Å². The van der Waals surface area contributed by atoms with Crippen molar-refractivity contribution in [2.24, 2.45) is 0 Å². The van der Waals surface area contributed by atoms with Gasteiger partial charge in [-0.05, 0) is 42.8 Å². The molecule has 2 aromatic heterocycles. The van der Waals surface area contributed by atoms with E-state index in [1.165, 1.54) is 7.11 Å². The van der Waals surface area contributed by atoms with Gasteiger partial charge in [-0.15, -0.1) is 0 Å². The van der Waals surface area contributed by atoms with E-state index in [-0.39, 0.29) is 0 Å². The number of aryl methyl sites for hydroxylation is 1. The molecule has 0 aliphatic rings. The van der Waals surface area contributed by atoms with Crippen LogP contribution in [0, 0.1) is 6.92 Å². The maximum atomic E-state index is 11.5. The fourth-order valence-electron chi connectivity index (χ4n) is 2.42. The van der Waals surface area contributed by atoms with Crippen molar-refractivity contribution < 1.29 is 17.6 Å². The molecule has 120 valence electrons. The van der Waals surface area contributed by atoms with Gasteiger partial charge < -0.3 is 9.15 Å². The Morgan fingerprint density at radius 1 is 1.26 bits per heavy atom. The van der Waals surface area contributed by atoms with Crippen LogP contribution >= 0.6 is 0 Å². The Balaban J connectivity index is 2.22. The van der Waals surface area contributed by atoms with Gasteiger partial charge in [0.1, 0.15) is 11.4 Å². The van der Waals surface area contributed by atoms with E-state index in [9.17, 15) is 8.42 Å². The summed E-state index contributed by atoms with van der Waals surface area (Å²) in [7, 11) is -1.92. The Bertz CT molecular complexity index is 963. The highest BCUT2D eigenvalue weighted by molar-refractivity contribution is 7.92. The molecule has 7 heteroatoms. The van der Waals surface area contributed by atoms with E-state index in [2.05, 4.69) is 9.71 Å². The molecule has 1 aromatic carbocycles. The van der Waals surface area contributed by atoms with Gasteiger partial charge in [0.2, 0.25) is 10.0 Å². The van der Waals surface area contributed by atoms with Gasteiger partial charge in [-0.1, -0.05) is 0 Å². The summed E-state index contributed by atoms with van der Waals surface area (Å²) in [6.45, 7) is 1.96. The fourth-order valence-corrected chi connectivity index (χ4v) is 2.98. The number of nitrogens with one attached hydrogen (secondary N) is 1. The van der Waals surface area contributed by atoms with E-state index >= 15 is 0 Å². The van der Waals surface area contributed by atoms with Crippen LogP contribution in [0.15, 0.2) is 41.0 Å². The molecule has 0 aliphatic carbocycles. The average Bonchev–Trinajstić information content (AvgIpc) is 2.99. The van der Waals surface area contributed by atoms with Crippen molar-refractivity contribution in [3.63, 3.8) is 0 Å². The smallest absolute Gasteiger partial charge is 0.229 e. The topological polar surface area (TPSA) is 81.4 Å². The van der Waals surface area contributed by atoms with Crippen molar-refractivity contribution in [1.29, 1.82) is 0 Å². The maximum Gasteiger partial charge on any atom is 0.229 e. The number of aromatic nitrogens is 1. The van der Waals surface area contributed by atoms with Gasteiger partial charge >= 0.3 is 0 Å². The molecular weight excluding hydrogens is 316 g/mol. The number of hydrogen-bond acceptors (Lipinski definition) is 5. The molecule has 0 atom stereocenters. The number of ether oxygens (including phenoxy) is 1. The summed E-state index contributed by atoms with van der Waals surface area (Å²) in [5.74, 6) is 1.10. The van der Waals surface area contributed by atoms with Crippen LogP contribution in [0.1, 0.15) is 5.56 Å². The minimum absolute atomic E-state index is 0.353.